The molecular weight excluding hydrogens is 274 g/mol. The van der Waals surface area contributed by atoms with Gasteiger partial charge in [0.1, 0.15) is 0 Å². The first-order valence-electron chi connectivity index (χ1n) is 7.31. The van der Waals surface area contributed by atoms with Crippen LogP contribution in [0.3, 0.4) is 0 Å². The summed E-state index contributed by atoms with van der Waals surface area (Å²) in [5.74, 6) is 0. The lowest BCUT2D eigenvalue weighted by Gasteiger charge is -2.16. The highest BCUT2D eigenvalue weighted by Gasteiger charge is 2.26. The Hall–Kier alpha value is -1.14. The molecule has 0 aromatic carbocycles. The van der Waals surface area contributed by atoms with Crippen molar-refractivity contribution in [3.05, 3.63) is 16.1 Å². The number of rotatable bonds is 6. The van der Waals surface area contributed by atoms with Gasteiger partial charge in [-0.05, 0) is 26.2 Å². The molecule has 0 aliphatic carbocycles. The number of carbonyl (C=O) groups is 1. The molecule has 1 amide bonds. The van der Waals surface area contributed by atoms with Crippen molar-refractivity contribution in [1.29, 1.82) is 0 Å². The van der Waals surface area contributed by atoms with Crippen molar-refractivity contribution in [2.45, 2.75) is 45.7 Å². The fourth-order valence-electron chi connectivity index (χ4n) is 2.32. The minimum absolute atomic E-state index is 0.198. The molecule has 0 spiro atoms. The number of carbonyl (C=O) groups excluding carboxylic acids is 1. The molecule has 1 saturated heterocycles. The van der Waals surface area contributed by atoms with Gasteiger partial charge < -0.3 is 15.0 Å². The van der Waals surface area contributed by atoms with Crippen molar-refractivity contribution in [3.8, 4) is 0 Å². The molecule has 2 rings (SSSR count). The van der Waals surface area contributed by atoms with Crippen LogP contribution in [0.25, 0.3) is 0 Å². The largest absolute Gasteiger partial charge is 0.450 e. The van der Waals surface area contributed by atoms with E-state index in [0.29, 0.717) is 12.6 Å². The number of aromatic nitrogens is 1. The molecule has 0 unspecified atom stereocenters. The van der Waals surface area contributed by atoms with Crippen LogP contribution in [-0.2, 0) is 17.7 Å². The molecule has 6 heteroatoms. The van der Waals surface area contributed by atoms with Crippen LogP contribution >= 0.6 is 11.3 Å². The van der Waals surface area contributed by atoms with E-state index < -0.39 is 0 Å². The Balaban J connectivity index is 1.73. The highest BCUT2D eigenvalue weighted by Crippen LogP contribution is 2.14. The Morgan fingerprint density at radius 3 is 3.20 bits per heavy atom. The van der Waals surface area contributed by atoms with Gasteiger partial charge in [-0.1, -0.05) is 6.92 Å². The molecule has 1 aliphatic heterocycles. The van der Waals surface area contributed by atoms with Gasteiger partial charge in [-0.15, -0.1) is 11.3 Å². The second-order valence-corrected chi connectivity index (χ2v) is 5.94. The van der Waals surface area contributed by atoms with Crippen LogP contribution in [0.5, 0.6) is 0 Å². The van der Waals surface area contributed by atoms with Gasteiger partial charge in [-0.25, -0.2) is 9.78 Å². The van der Waals surface area contributed by atoms with E-state index in [2.05, 4.69) is 22.6 Å². The first kappa shape index (κ1) is 15.3. The highest BCUT2D eigenvalue weighted by atomic mass is 32.1. The van der Waals surface area contributed by atoms with E-state index in [-0.39, 0.29) is 6.09 Å². The molecule has 0 radical (unpaired) electrons. The molecule has 2 heterocycles. The molecule has 1 aromatic heterocycles. The third kappa shape index (κ3) is 4.18. The molecular formula is C14H23N3O2S. The monoisotopic (exact) mass is 297 g/mol. The summed E-state index contributed by atoms with van der Waals surface area (Å²) >= 11 is 1.73. The zero-order chi connectivity index (χ0) is 14.4. The standard InChI is InChI=1S/C14H23N3O2S/c1-3-5-13-16-12(10-20-13)8-15-11-6-7-17(9-11)14(18)19-4-2/h10-11,15H,3-9H2,1-2H3/t11-/m0/s1. The summed E-state index contributed by atoms with van der Waals surface area (Å²) in [4.78, 5) is 18.0. The predicted octanol–water partition coefficient (Wildman–Crippen LogP) is 2.42. The van der Waals surface area contributed by atoms with Gasteiger partial charge >= 0.3 is 6.09 Å². The average molecular weight is 297 g/mol. The van der Waals surface area contributed by atoms with Crippen molar-refractivity contribution in [2.24, 2.45) is 0 Å². The Morgan fingerprint density at radius 1 is 1.60 bits per heavy atom. The Labute approximate surface area is 124 Å². The summed E-state index contributed by atoms with van der Waals surface area (Å²) < 4.78 is 5.02. The first-order chi connectivity index (χ1) is 9.72. The van der Waals surface area contributed by atoms with Gasteiger partial charge in [0.25, 0.3) is 0 Å². The van der Waals surface area contributed by atoms with Crippen molar-refractivity contribution in [2.75, 3.05) is 19.7 Å². The number of nitrogens with zero attached hydrogens (tertiary/aromatic N) is 2. The van der Waals surface area contributed by atoms with E-state index in [0.717, 1.165) is 44.6 Å². The van der Waals surface area contributed by atoms with E-state index >= 15 is 0 Å². The molecule has 5 nitrogen and oxygen atoms in total. The number of likely N-dealkylation sites (tertiary alicyclic amines) is 1. The van der Waals surface area contributed by atoms with Crippen LogP contribution in [-0.4, -0.2) is 41.7 Å². The lowest BCUT2D eigenvalue weighted by Crippen LogP contribution is -2.35. The summed E-state index contributed by atoms with van der Waals surface area (Å²) in [5.41, 5.74) is 1.10. The summed E-state index contributed by atoms with van der Waals surface area (Å²) in [5, 5.41) is 6.81. The Kier molecular flexibility index (Phi) is 5.79. The van der Waals surface area contributed by atoms with E-state index in [1.54, 1.807) is 16.2 Å². The molecule has 1 aliphatic rings. The van der Waals surface area contributed by atoms with Crippen molar-refractivity contribution in [1.82, 2.24) is 15.2 Å². The van der Waals surface area contributed by atoms with Crippen LogP contribution < -0.4 is 5.32 Å². The molecule has 1 fully saturated rings. The zero-order valence-electron chi connectivity index (χ0n) is 12.2. The Morgan fingerprint density at radius 2 is 2.45 bits per heavy atom. The van der Waals surface area contributed by atoms with Crippen molar-refractivity contribution in [3.63, 3.8) is 0 Å². The third-order valence-electron chi connectivity index (χ3n) is 3.35. The molecule has 1 atom stereocenters. The number of hydrogen-bond acceptors (Lipinski definition) is 5. The fourth-order valence-corrected chi connectivity index (χ4v) is 3.22. The molecule has 0 saturated carbocycles. The van der Waals surface area contributed by atoms with Gasteiger partial charge in [0.05, 0.1) is 17.3 Å². The number of nitrogens with one attached hydrogen (secondary N) is 1. The van der Waals surface area contributed by atoms with Crippen LogP contribution in [0.2, 0.25) is 0 Å². The maximum Gasteiger partial charge on any atom is 0.409 e. The summed E-state index contributed by atoms with van der Waals surface area (Å²) in [6.07, 6.45) is 2.98. The van der Waals surface area contributed by atoms with Gasteiger partial charge in [-0.2, -0.15) is 0 Å². The van der Waals surface area contributed by atoms with E-state index in [4.69, 9.17) is 4.74 Å². The molecule has 1 aromatic rings. The van der Waals surface area contributed by atoms with Crippen LogP contribution in [0, 0.1) is 0 Å². The number of aryl methyl sites for hydroxylation is 1. The van der Waals surface area contributed by atoms with Crippen LogP contribution in [0.1, 0.15) is 37.4 Å². The predicted molar refractivity (Wildman–Crippen MR) is 79.9 cm³/mol. The number of thiazole rings is 1. The average Bonchev–Trinajstić information content (AvgIpc) is 3.06. The maximum absolute atomic E-state index is 11.6. The molecule has 0 bridgehead atoms. The molecule has 20 heavy (non-hydrogen) atoms. The van der Waals surface area contributed by atoms with E-state index in [1.807, 2.05) is 6.92 Å². The molecule has 112 valence electrons. The minimum atomic E-state index is -0.198. The number of hydrogen-bond donors (Lipinski definition) is 1. The second kappa shape index (κ2) is 7.59. The lowest BCUT2D eigenvalue weighted by molar-refractivity contribution is 0.115. The van der Waals surface area contributed by atoms with E-state index in [1.165, 1.54) is 5.01 Å². The second-order valence-electron chi connectivity index (χ2n) is 4.99. The van der Waals surface area contributed by atoms with Crippen LogP contribution in [0.4, 0.5) is 4.79 Å². The van der Waals surface area contributed by atoms with Crippen molar-refractivity contribution >= 4 is 17.4 Å². The van der Waals surface area contributed by atoms with Gasteiger partial charge in [0.2, 0.25) is 0 Å². The summed E-state index contributed by atoms with van der Waals surface area (Å²) in [6.45, 7) is 6.72. The fraction of sp³-hybridized carbons (Fsp3) is 0.714. The number of ether oxygens (including phenoxy) is 1. The summed E-state index contributed by atoms with van der Waals surface area (Å²) in [7, 11) is 0. The lowest BCUT2D eigenvalue weighted by atomic mass is 10.2. The molecule has 1 N–H and O–H groups in total. The normalized spacial score (nSPS) is 18.5. The quantitative estimate of drug-likeness (QED) is 0.876. The highest BCUT2D eigenvalue weighted by molar-refractivity contribution is 7.09. The number of amides is 1. The first-order valence-corrected chi connectivity index (χ1v) is 8.19. The minimum Gasteiger partial charge on any atom is -0.450 e. The summed E-state index contributed by atoms with van der Waals surface area (Å²) in [6, 6.07) is 0.343. The third-order valence-corrected chi connectivity index (χ3v) is 4.31. The van der Waals surface area contributed by atoms with Gasteiger partial charge in [0, 0.05) is 31.1 Å². The van der Waals surface area contributed by atoms with Crippen LogP contribution in [0.15, 0.2) is 5.38 Å². The Bertz CT molecular complexity index is 436. The topological polar surface area (TPSA) is 54.5 Å². The van der Waals surface area contributed by atoms with Gasteiger partial charge in [0.15, 0.2) is 0 Å². The maximum atomic E-state index is 11.6. The van der Waals surface area contributed by atoms with Gasteiger partial charge in [-0.3, -0.25) is 0 Å². The SMILES string of the molecule is CCCc1nc(CN[C@H]2CCN(C(=O)OCC)C2)cs1. The zero-order valence-corrected chi connectivity index (χ0v) is 13.0. The van der Waals surface area contributed by atoms with E-state index in [9.17, 15) is 4.79 Å². The van der Waals surface area contributed by atoms with Crippen molar-refractivity contribution < 1.29 is 9.53 Å². The smallest absolute Gasteiger partial charge is 0.409 e.